The van der Waals surface area contributed by atoms with Crippen molar-refractivity contribution in [2.45, 2.75) is 59.5 Å². The van der Waals surface area contributed by atoms with Gasteiger partial charge in [0.05, 0.1) is 12.3 Å². The average Bonchev–Trinajstić information content (AvgIpc) is 2.88. The Bertz CT molecular complexity index is 1140. The summed E-state index contributed by atoms with van der Waals surface area (Å²) >= 11 is 0. The van der Waals surface area contributed by atoms with Crippen LogP contribution >= 0.6 is 0 Å². The highest BCUT2D eigenvalue weighted by Gasteiger charge is 2.32. The van der Waals surface area contributed by atoms with Gasteiger partial charge in [0.25, 0.3) is 5.91 Å². The fraction of sp³-hybridized carbons (Fsp3) is 0.500. The largest absolute Gasteiger partial charge is 0.338 e. The van der Waals surface area contributed by atoms with E-state index in [1.807, 2.05) is 79.1 Å². The number of hydrogen-bond donors (Lipinski definition) is 0. The molecule has 0 bridgehead atoms. The van der Waals surface area contributed by atoms with Crippen LogP contribution in [-0.2, 0) is 21.4 Å². The number of rotatable bonds is 10. The summed E-state index contributed by atoms with van der Waals surface area (Å²) < 4.78 is 26.6. The normalized spacial score (nSPS) is 14.8. The molecule has 2 amide bonds. The molecule has 1 aliphatic rings. The van der Waals surface area contributed by atoms with Gasteiger partial charge in [-0.25, -0.2) is 8.42 Å². The van der Waals surface area contributed by atoms with Crippen molar-refractivity contribution in [3.63, 3.8) is 0 Å². The Morgan fingerprint density at radius 1 is 0.972 bits per heavy atom. The maximum Gasteiger partial charge on any atom is 0.253 e. The van der Waals surface area contributed by atoms with Gasteiger partial charge < -0.3 is 9.80 Å². The smallest absolute Gasteiger partial charge is 0.253 e. The van der Waals surface area contributed by atoms with Crippen LogP contribution in [-0.4, -0.2) is 72.3 Å². The lowest BCUT2D eigenvalue weighted by Gasteiger charge is -2.39. The van der Waals surface area contributed by atoms with E-state index in [-0.39, 0.29) is 30.2 Å². The highest BCUT2D eigenvalue weighted by atomic mass is 32.2. The molecule has 36 heavy (non-hydrogen) atoms. The number of piperidine rings is 1. The molecule has 7 nitrogen and oxygen atoms in total. The molecule has 0 aromatic heterocycles. The molecule has 3 rings (SSSR count). The van der Waals surface area contributed by atoms with Crippen LogP contribution in [0.4, 0.5) is 0 Å². The summed E-state index contributed by atoms with van der Waals surface area (Å²) in [6, 6.07) is 15.5. The fourth-order valence-electron chi connectivity index (χ4n) is 4.64. The maximum absolute atomic E-state index is 13.6. The van der Waals surface area contributed by atoms with Crippen molar-refractivity contribution in [2.75, 3.05) is 31.9 Å². The number of amides is 2. The zero-order chi connectivity index (χ0) is 26.3. The molecule has 0 aliphatic carbocycles. The number of sulfonamides is 1. The van der Waals surface area contributed by atoms with Gasteiger partial charge in [0.2, 0.25) is 15.9 Å². The van der Waals surface area contributed by atoms with Crippen LogP contribution in [0.5, 0.6) is 0 Å². The van der Waals surface area contributed by atoms with E-state index >= 15 is 0 Å². The van der Waals surface area contributed by atoms with E-state index in [1.54, 1.807) is 6.92 Å². The maximum atomic E-state index is 13.6. The fourth-order valence-corrected chi connectivity index (χ4v) is 5.77. The molecule has 0 saturated carbocycles. The van der Waals surface area contributed by atoms with Gasteiger partial charge in [-0.05, 0) is 63.3 Å². The molecule has 1 aliphatic heterocycles. The molecule has 1 saturated heterocycles. The highest BCUT2D eigenvalue weighted by molar-refractivity contribution is 7.89. The van der Waals surface area contributed by atoms with Crippen LogP contribution in [0.25, 0.3) is 0 Å². The minimum Gasteiger partial charge on any atom is -0.338 e. The van der Waals surface area contributed by atoms with Gasteiger partial charge >= 0.3 is 0 Å². The van der Waals surface area contributed by atoms with E-state index in [4.69, 9.17) is 0 Å². The monoisotopic (exact) mass is 513 g/mol. The van der Waals surface area contributed by atoms with E-state index in [0.717, 1.165) is 16.7 Å². The van der Waals surface area contributed by atoms with Crippen molar-refractivity contribution < 1.29 is 18.0 Å². The molecule has 8 heteroatoms. The van der Waals surface area contributed by atoms with E-state index in [0.29, 0.717) is 51.0 Å². The SMILES string of the molecule is CCCN(CC(=O)N(Cc1ccccc1C)C1CCN(C(=O)c2ccc(C)cc2)CC1)S(=O)(=O)CC. The topological polar surface area (TPSA) is 78.0 Å². The van der Waals surface area contributed by atoms with Crippen molar-refractivity contribution in [3.8, 4) is 0 Å². The molecule has 2 aromatic rings. The predicted octanol–water partition coefficient (Wildman–Crippen LogP) is 4.00. The quantitative estimate of drug-likeness (QED) is 0.481. The summed E-state index contributed by atoms with van der Waals surface area (Å²) in [6.45, 7) is 9.24. The van der Waals surface area contributed by atoms with Crippen LogP contribution in [0, 0.1) is 13.8 Å². The zero-order valence-corrected chi connectivity index (χ0v) is 22.8. The first-order valence-corrected chi connectivity index (χ1v) is 14.4. The lowest BCUT2D eigenvalue weighted by atomic mass is 10.00. The first-order valence-electron chi connectivity index (χ1n) is 12.8. The van der Waals surface area contributed by atoms with Gasteiger partial charge in [-0.3, -0.25) is 9.59 Å². The van der Waals surface area contributed by atoms with Gasteiger partial charge in [0.1, 0.15) is 0 Å². The van der Waals surface area contributed by atoms with E-state index in [2.05, 4.69) is 0 Å². The Kier molecular flexibility index (Phi) is 9.68. The molecule has 0 N–H and O–H groups in total. The van der Waals surface area contributed by atoms with Crippen LogP contribution in [0.15, 0.2) is 48.5 Å². The number of aryl methyl sites for hydroxylation is 2. The number of nitrogens with zero attached hydrogens (tertiary/aromatic N) is 3. The summed E-state index contributed by atoms with van der Waals surface area (Å²) in [5.74, 6) is -0.210. The second-order valence-corrected chi connectivity index (χ2v) is 11.8. The Morgan fingerprint density at radius 3 is 2.19 bits per heavy atom. The summed E-state index contributed by atoms with van der Waals surface area (Å²) in [5.41, 5.74) is 3.92. The molecule has 0 spiro atoms. The molecular formula is C28H39N3O4S. The van der Waals surface area contributed by atoms with Crippen LogP contribution in [0.2, 0.25) is 0 Å². The highest BCUT2D eigenvalue weighted by Crippen LogP contribution is 2.23. The Labute approximate surface area is 216 Å². The zero-order valence-electron chi connectivity index (χ0n) is 21.9. The minimum absolute atomic E-state index is 0.00777. The molecule has 2 aromatic carbocycles. The standard InChI is InChI=1S/C28H39N3O4S/c1-5-17-30(36(34,35)6-2)21-27(32)31(20-25-10-8-7-9-23(25)4)26-15-18-29(19-16-26)28(33)24-13-11-22(3)12-14-24/h7-14,26H,5-6,15-21H2,1-4H3. The Morgan fingerprint density at radius 2 is 1.61 bits per heavy atom. The number of benzene rings is 2. The predicted molar refractivity (Wildman–Crippen MR) is 143 cm³/mol. The molecule has 1 heterocycles. The molecular weight excluding hydrogens is 474 g/mol. The third-order valence-electron chi connectivity index (χ3n) is 6.96. The van der Waals surface area contributed by atoms with E-state index in [9.17, 15) is 18.0 Å². The van der Waals surface area contributed by atoms with Gasteiger partial charge in [-0.1, -0.05) is 48.9 Å². The second kappa shape index (κ2) is 12.5. The van der Waals surface area contributed by atoms with E-state index < -0.39 is 10.0 Å². The molecule has 196 valence electrons. The summed E-state index contributed by atoms with van der Waals surface area (Å²) in [7, 11) is -3.48. The third kappa shape index (κ3) is 6.95. The second-order valence-electron chi connectivity index (χ2n) is 9.57. The van der Waals surface area contributed by atoms with Gasteiger partial charge in [-0.15, -0.1) is 0 Å². The summed E-state index contributed by atoms with van der Waals surface area (Å²) in [6.07, 6.45) is 1.96. The van der Waals surface area contributed by atoms with Gasteiger partial charge in [0, 0.05) is 37.8 Å². The molecule has 0 unspecified atom stereocenters. The van der Waals surface area contributed by atoms with Gasteiger partial charge in [-0.2, -0.15) is 4.31 Å². The van der Waals surface area contributed by atoms with Crippen molar-refractivity contribution >= 4 is 21.8 Å². The molecule has 0 atom stereocenters. The first kappa shape index (κ1) is 27.9. The van der Waals surface area contributed by atoms with Gasteiger partial charge in [0.15, 0.2) is 0 Å². The van der Waals surface area contributed by atoms with Crippen molar-refractivity contribution in [1.29, 1.82) is 0 Å². The minimum atomic E-state index is -3.48. The molecule has 1 fully saturated rings. The lowest BCUT2D eigenvalue weighted by Crippen LogP contribution is -2.51. The number of likely N-dealkylation sites (tertiary alicyclic amines) is 1. The van der Waals surface area contributed by atoms with E-state index in [1.165, 1.54) is 4.31 Å². The number of hydrogen-bond acceptors (Lipinski definition) is 4. The summed E-state index contributed by atoms with van der Waals surface area (Å²) in [4.78, 5) is 30.3. The molecule has 0 radical (unpaired) electrons. The van der Waals surface area contributed by atoms with Crippen LogP contribution < -0.4 is 0 Å². The van der Waals surface area contributed by atoms with Crippen molar-refractivity contribution in [2.24, 2.45) is 0 Å². The average molecular weight is 514 g/mol. The number of carbonyl (C=O) groups is 2. The van der Waals surface area contributed by atoms with Crippen LogP contribution in [0.3, 0.4) is 0 Å². The van der Waals surface area contributed by atoms with Crippen molar-refractivity contribution in [3.05, 3.63) is 70.8 Å². The van der Waals surface area contributed by atoms with Crippen molar-refractivity contribution in [1.82, 2.24) is 14.1 Å². The third-order valence-corrected chi connectivity index (χ3v) is 8.78. The lowest BCUT2D eigenvalue weighted by molar-refractivity contribution is -0.135. The summed E-state index contributed by atoms with van der Waals surface area (Å²) in [5, 5.41) is 0. The number of carbonyl (C=O) groups excluding carboxylic acids is 2. The Balaban J connectivity index is 1.77. The first-order chi connectivity index (χ1) is 17.2. The Hall–Kier alpha value is -2.71. The van der Waals surface area contributed by atoms with Crippen LogP contribution in [0.1, 0.15) is 60.2 Å².